The Kier molecular flexibility index (Phi) is 3.86. The summed E-state index contributed by atoms with van der Waals surface area (Å²) in [4.78, 5) is 14.2. The standard InChI is InChI=1S/C12H21N5O/c1-3-4-9-10(13)11(16-15-9)12(18)14-8-5-6-17(2)7-8/h8H,3-7,13H2,1-2H3,(H,14,18)(H,15,16). The molecular weight excluding hydrogens is 230 g/mol. The van der Waals surface area contributed by atoms with Gasteiger partial charge in [0.05, 0.1) is 11.4 Å². The molecule has 0 saturated carbocycles. The van der Waals surface area contributed by atoms with E-state index in [4.69, 9.17) is 5.73 Å². The number of aromatic amines is 1. The predicted molar refractivity (Wildman–Crippen MR) is 70.4 cm³/mol. The van der Waals surface area contributed by atoms with Gasteiger partial charge in [-0.1, -0.05) is 13.3 Å². The van der Waals surface area contributed by atoms with E-state index in [0.717, 1.165) is 38.0 Å². The van der Waals surface area contributed by atoms with Crippen LogP contribution in [0.15, 0.2) is 0 Å². The molecule has 1 saturated heterocycles. The van der Waals surface area contributed by atoms with Crippen LogP contribution in [-0.4, -0.2) is 47.2 Å². The number of nitrogens with zero attached hydrogens (tertiary/aromatic N) is 2. The molecule has 100 valence electrons. The quantitative estimate of drug-likeness (QED) is 0.722. The third-order valence-electron chi connectivity index (χ3n) is 3.32. The number of aryl methyl sites for hydroxylation is 1. The van der Waals surface area contributed by atoms with E-state index in [1.165, 1.54) is 0 Å². The highest BCUT2D eigenvalue weighted by atomic mass is 16.2. The summed E-state index contributed by atoms with van der Waals surface area (Å²) in [6.07, 6.45) is 2.77. The Hall–Kier alpha value is -1.56. The molecule has 4 N–H and O–H groups in total. The lowest BCUT2D eigenvalue weighted by atomic mass is 10.2. The van der Waals surface area contributed by atoms with E-state index in [1.807, 2.05) is 0 Å². The molecule has 0 radical (unpaired) electrons. The van der Waals surface area contributed by atoms with E-state index in [2.05, 4.69) is 34.4 Å². The van der Waals surface area contributed by atoms with Gasteiger partial charge < -0.3 is 16.0 Å². The first-order valence-corrected chi connectivity index (χ1v) is 6.44. The summed E-state index contributed by atoms with van der Waals surface area (Å²) in [5.41, 5.74) is 7.59. The van der Waals surface area contributed by atoms with Gasteiger partial charge in [-0.15, -0.1) is 0 Å². The molecule has 0 bridgehead atoms. The van der Waals surface area contributed by atoms with Gasteiger partial charge in [0.25, 0.3) is 5.91 Å². The molecule has 1 fully saturated rings. The third kappa shape index (κ3) is 2.64. The lowest BCUT2D eigenvalue weighted by molar-refractivity contribution is 0.0934. The fraction of sp³-hybridized carbons (Fsp3) is 0.667. The van der Waals surface area contributed by atoms with Crippen LogP contribution in [0.1, 0.15) is 35.9 Å². The number of likely N-dealkylation sites (tertiary alicyclic amines) is 1. The molecule has 2 rings (SSSR count). The molecule has 1 aromatic rings. The number of H-pyrrole nitrogens is 1. The number of hydrogen-bond donors (Lipinski definition) is 3. The van der Waals surface area contributed by atoms with Gasteiger partial charge in [-0.2, -0.15) is 5.10 Å². The molecule has 0 aliphatic carbocycles. The number of nitrogens with two attached hydrogens (primary N) is 1. The maximum absolute atomic E-state index is 12.1. The summed E-state index contributed by atoms with van der Waals surface area (Å²) in [6, 6.07) is 0.202. The molecule has 1 unspecified atom stereocenters. The zero-order valence-electron chi connectivity index (χ0n) is 11.0. The fourth-order valence-corrected chi connectivity index (χ4v) is 2.31. The third-order valence-corrected chi connectivity index (χ3v) is 3.32. The molecular formula is C12H21N5O. The topological polar surface area (TPSA) is 87.0 Å². The van der Waals surface area contributed by atoms with Gasteiger partial charge in [0.2, 0.25) is 0 Å². The van der Waals surface area contributed by atoms with Gasteiger partial charge >= 0.3 is 0 Å². The number of hydrogen-bond acceptors (Lipinski definition) is 4. The molecule has 1 aliphatic heterocycles. The highest BCUT2D eigenvalue weighted by Crippen LogP contribution is 2.16. The summed E-state index contributed by atoms with van der Waals surface area (Å²) >= 11 is 0. The molecule has 1 aromatic heterocycles. The fourth-order valence-electron chi connectivity index (χ4n) is 2.31. The second kappa shape index (κ2) is 5.39. The first-order chi connectivity index (χ1) is 8.61. The van der Waals surface area contributed by atoms with Crippen molar-refractivity contribution in [2.24, 2.45) is 0 Å². The largest absolute Gasteiger partial charge is 0.395 e. The summed E-state index contributed by atoms with van der Waals surface area (Å²) in [5.74, 6) is -0.175. The second-order valence-electron chi connectivity index (χ2n) is 4.94. The highest BCUT2D eigenvalue weighted by molar-refractivity contribution is 5.97. The monoisotopic (exact) mass is 251 g/mol. The number of nitrogens with one attached hydrogen (secondary N) is 2. The van der Waals surface area contributed by atoms with E-state index in [1.54, 1.807) is 0 Å². The average molecular weight is 251 g/mol. The van der Waals surface area contributed by atoms with E-state index < -0.39 is 0 Å². The Bertz CT molecular complexity index is 428. The van der Waals surface area contributed by atoms with Crippen molar-refractivity contribution in [1.82, 2.24) is 20.4 Å². The Labute approximate surface area is 107 Å². The van der Waals surface area contributed by atoms with Crippen LogP contribution in [0.3, 0.4) is 0 Å². The van der Waals surface area contributed by atoms with Gasteiger partial charge in [-0.25, -0.2) is 0 Å². The van der Waals surface area contributed by atoms with Crippen molar-refractivity contribution in [2.45, 2.75) is 32.2 Å². The van der Waals surface area contributed by atoms with Gasteiger partial charge in [-0.05, 0) is 26.4 Å². The van der Waals surface area contributed by atoms with Crippen LogP contribution >= 0.6 is 0 Å². The van der Waals surface area contributed by atoms with Crippen LogP contribution in [0, 0.1) is 0 Å². The van der Waals surface area contributed by atoms with Crippen LogP contribution in [0.25, 0.3) is 0 Å². The minimum atomic E-state index is -0.175. The van der Waals surface area contributed by atoms with Crippen LogP contribution in [0.5, 0.6) is 0 Å². The van der Waals surface area contributed by atoms with Crippen molar-refractivity contribution in [3.05, 3.63) is 11.4 Å². The number of carbonyl (C=O) groups is 1. The van der Waals surface area contributed by atoms with Gasteiger partial charge in [-0.3, -0.25) is 9.89 Å². The Morgan fingerprint density at radius 2 is 2.44 bits per heavy atom. The molecule has 6 heteroatoms. The summed E-state index contributed by atoms with van der Waals surface area (Å²) in [5, 5.41) is 9.84. The first kappa shape index (κ1) is 12.9. The molecule has 1 atom stereocenters. The summed E-state index contributed by atoms with van der Waals surface area (Å²) in [7, 11) is 2.05. The second-order valence-corrected chi connectivity index (χ2v) is 4.94. The number of likely N-dealkylation sites (N-methyl/N-ethyl adjacent to an activating group) is 1. The van der Waals surface area contributed by atoms with Crippen LogP contribution in [-0.2, 0) is 6.42 Å². The van der Waals surface area contributed by atoms with Crippen molar-refractivity contribution in [3.8, 4) is 0 Å². The van der Waals surface area contributed by atoms with Crippen molar-refractivity contribution in [1.29, 1.82) is 0 Å². The van der Waals surface area contributed by atoms with Crippen LogP contribution < -0.4 is 11.1 Å². The lowest BCUT2D eigenvalue weighted by Gasteiger charge is -2.11. The maximum Gasteiger partial charge on any atom is 0.274 e. The molecule has 18 heavy (non-hydrogen) atoms. The van der Waals surface area contributed by atoms with Gasteiger partial charge in [0, 0.05) is 12.6 Å². The van der Waals surface area contributed by atoms with E-state index in [-0.39, 0.29) is 11.9 Å². The van der Waals surface area contributed by atoms with E-state index in [0.29, 0.717) is 11.4 Å². The minimum Gasteiger partial charge on any atom is -0.395 e. The SMILES string of the molecule is CCCc1[nH]nc(C(=O)NC2CCN(C)C2)c1N. The number of nitrogen functional groups attached to an aromatic ring is 1. The van der Waals surface area contributed by atoms with E-state index >= 15 is 0 Å². The Morgan fingerprint density at radius 1 is 1.67 bits per heavy atom. The summed E-state index contributed by atoms with van der Waals surface area (Å²) < 4.78 is 0. The first-order valence-electron chi connectivity index (χ1n) is 6.44. The molecule has 6 nitrogen and oxygen atoms in total. The van der Waals surface area contributed by atoms with Crippen molar-refractivity contribution in [2.75, 3.05) is 25.9 Å². The molecule has 0 spiro atoms. The van der Waals surface area contributed by atoms with E-state index in [9.17, 15) is 4.79 Å². The number of amides is 1. The highest BCUT2D eigenvalue weighted by Gasteiger charge is 2.24. The Morgan fingerprint density at radius 3 is 3.06 bits per heavy atom. The molecule has 1 amide bonds. The van der Waals surface area contributed by atoms with Crippen molar-refractivity contribution >= 4 is 11.6 Å². The predicted octanol–water partition coefficient (Wildman–Crippen LogP) is 0.378. The molecule has 2 heterocycles. The van der Waals surface area contributed by atoms with Gasteiger partial charge in [0.1, 0.15) is 0 Å². The number of rotatable bonds is 4. The van der Waals surface area contributed by atoms with Crippen molar-refractivity contribution < 1.29 is 4.79 Å². The molecule has 1 aliphatic rings. The maximum atomic E-state index is 12.1. The van der Waals surface area contributed by atoms with Crippen molar-refractivity contribution in [3.63, 3.8) is 0 Å². The lowest BCUT2D eigenvalue weighted by Crippen LogP contribution is -2.37. The molecule has 0 aromatic carbocycles. The smallest absolute Gasteiger partial charge is 0.274 e. The average Bonchev–Trinajstić information content (AvgIpc) is 2.87. The number of anilines is 1. The normalized spacial score (nSPS) is 20.2. The Balaban J connectivity index is 2.00. The summed E-state index contributed by atoms with van der Waals surface area (Å²) in [6.45, 7) is 3.97. The zero-order chi connectivity index (χ0) is 13.1. The van der Waals surface area contributed by atoms with Crippen LogP contribution in [0.4, 0.5) is 5.69 Å². The zero-order valence-corrected chi connectivity index (χ0v) is 11.0. The minimum absolute atomic E-state index is 0.175. The number of aromatic nitrogens is 2. The number of carbonyl (C=O) groups excluding carboxylic acids is 1. The van der Waals surface area contributed by atoms with Gasteiger partial charge in [0.15, 0.2) is 5.69 Å². The van der Waals surface area contributed by atoms with Crippen LogP contribution in [0.2, 0.25) is 0 Å².